The zero-order valence-corrected chi connectivity index (χ0v) is 11.9. The predicted octanol–water partition coefficient (Wildman–Crippen LogP) is 2.21. The van der Waals surface area contributed by atoms with Crippen LogP contribution in [0, 0.1) is 0 Å². The summed E-state index contributed by atoms with van der Waals surface area (Å²) in [6.07, 6.45) is 0. The minimum atomic E-state index is -0.0603. The van der Waals surface area contributed by atoms with Crippen molar-refractivity contribution >= 4 is 39.2 Å². The summed E-state index contributed by atoms with van der Waals surface area (Å²) < 4.78 is 5.33. The van der Waals surface area contributed by atoms with E-state index >= 15 is 0 Å². The van der Waals surface area contributed by atoms with Crippen molar-refractivity contribution in [3.63, 3.8) is 0 Å². The van der Waals surface area contributed by atoms with E-state index in [4.69, 9.17) is 16.3 Å². The molecule has 0 radical (unpaired) electrons. The fraction of sp³-hybridized carbons (Fsp3) is 0.417. The molecule has 2 aromatic heterocycles. The second kappa shape index (κ2) is 5.03. The van der Waals surface area contributed by atoms with E-state index in [0.29, 0.717) is 40.3 Å². The van der Waals surface area contributed by atoms with E-state index in [2.05, 4.69) is 9.97 Å². The molecule has 100 valence electrons. The summed E-state index contributed by atoms with van der Waals surface area (Å²) in [6.45, 7) is 3.72. The van der Waals surface area contributed by atoms with Gasteiger partial charge in [0, 0.05) is 6.54 Å². The van der Waals surface area contributed by atoms with E-state index in [1.165, 1.54) is 11.3 Å². The van der Waals surface area contributed by atoms with Gasteiger partial charge in [0.15, 0.2) is 5.01 Å². The molecule has 5 nitrogen and oxygen atoms in total. The molecule has 0 saturated carbocycles. The molecule has 0 bridgehead atoms. The van der Waals surface area contributed by atoms with Crippen LogP contribution in [0.25, 0.3) is 10.3 Å². The van der Waals surface area contributed by atoms with Gasteiger partial charge in [-0.15, -0.1) is 0 Å². The summed E-state index contributed by atoms with van der Waals surface area (Å²) in [4.78, 5) is 23.4. The molecule has 0 aliphatic carbocycles. The molecule has 1 atom stereocenters. The number of fused-ring (bicyclic) bond motifs is 1. The Morgan fingerprint density at radius 2 is 2.37 bits per heavy atom. The number of ether oxygens (including phenoxy) is 1. The molecule has 0 spiro atoms. The van der Waals surface area contributed by atoms with Gasteiger partial charge in [-0.05, 0) is 19.1 Å². The number of rotatable bonds is 1. The molecule has 7 heteroatoms. The predicted molar refractivity (Wildman–Crippen MR) is 73.7 cm³/mol. The first-order chi connectivity index (χ1) is 9.15. The van der Waals surface area contributed by atoms with Gasteiger partial charge in [-0.2, -0.15) is 0 Å². The quantitative estimate of drug-likeness (QED) is 0.757. The summed E-state index contributed by atoms with van der Waals surface area (Å²) in [5, 5.41) is 0.869. The third kappa shape index (κ3) is 2.43. The highest BCUT2D eigenvalue weighted by atomic mass is 35.5. The van der Waals surface area contributed by atoms with Crippen molar-refractivity contribution < 1.29 is 9.53 Å². The molecular weight excluding hydrogens is 286 g/mol. The van der Waals surface area contributed by atoms with E-state index in [9.17, 15) is 4.79 Å². The number of pyridine rings is 1. The topological polar surface area (TPSA) is 55.3 Å². The lowest BCUT2D eigenvalue weighted by molar-refractivity contribution is 0.00359. The van der Waals surface area contributed by atoms with Gasteiger partial charge in [-0.1, -0.05) is 22.9 Å². The number of morpholine rings is 1. The number of nitrogens with zero attached hydrogens (tertiary/aromatic N) is 3. The summed E-state index contributed by atoms with van der Waals surface area (Å²) in [5.74, 6) is -0.0603. The van der Waals surface area contributed by atoms with Crippen LogP contribution >= 0.6 is 22.9 Å². The molecular formula is C12H12ClN3O2S. The maximum absolute atomic E-state index is 12.4. The number of aromatic nitrogens is 2. The van der Waals surface area contributed by atoms with E-state index in [1.54, 1.807) is 17.0 Å². The van der Waals surface area contributed by atoms with Gasteiger partial charge in [0.05, 0.1) is 19.3 Å². The molecule has 0 N–H and O–H groups in total. The molecule has 2 aromatic rings. The van der Waals surface area contributed by atoms with Crippen LogP contribution in [0.2, 0.25) is 5.15 Å². The molecule has 0 aromatic carbocycles. The fourth-order valence-corrected chi connectivity index (χ4v) is 3.13. The van der Waals surface area contributed by atoms with Crippen molar-refractivity contribution in [1.82, 2.24) is 14.9 Å². The monoisotopic (exact) mass is 297 g/mol. The van der Waals surface area contributed by atoms with Crippen LogP contribution < -0.4 is 0 Å². The zero-order chi connectivity index (χ0) is 13.4. The minimum absolute atomic E-state index is 0.0603. The molecule has 1 amide bonds. The highest BCUT2D eigenvalue weighted by Crippen LogP contribution is 2.24. The number of carbonyl (C=O) groups is 1. The average Bonchev–Trinajstić information content (AvgIpc) is 2.81. The zero-order valence-electron chi connectivity index (χ0n) is 10.3. The van der Waals surface area contributed by atoms with Crippen LogP contribution in [0.15, 0.2) is 12.1 Å². The van der Waals surface area contributed by atoms with E-state index in [-0.39, 0.29) is 11.9 Å². The van der Waals surface area contributed by atoms with Gasteiger partial charge >= 0.3 is 0 Å². The third-order valence-corrected chi connectivity index (χ3v) is 4.20. The molecule has 0 unspecified atom stereocenters. The Morgan fingerprint density at radius 3 is 3.16 bits per heavy atom. The summed E-state index contributed by atoms with van der Waals surface area (Å²) in [6, 6.07) is 3.53. The van der Waals surface area contributed by atoms with Gasteiger partial charge in [0.1, 0.15) is 15.5 Å². The Bertz CT molecular complexity index is 630. The first-order valence-electron chi connectivity index (χ1n) is 5.97. The SMILES string of the molecule is C[C@@H]1COCCN1C(=O)c1nc2ccc(Cl)nc2s1. The largest absolute Gasteiger partial charge is 0.377 e. The summed E-state index contributed by atoms with van der Waals surface area (Å²) in [7, 11) is 0. The van der Waals surface area contributed by atoms with Crippen molar-refractivity contribution in [1.29, 1.82) is 0 Å². The first kappa shape index (κ1) is 12.8. The Balaban J connectivity index is 1.92. The van der Waals surface area contributed by atoms with Crippen LogP contribution in [0.4, 0.5) is 0 Å². The van der Waals surface area contributed by atoms with E-state index in [0.717, 1.165) is 0 Å². The summed E-state index contributed by atoms with van der Waals surface area (Å²) in [5.41, 5.74) is 0.707. The van der Waals surface area contributed by atoms with Crippen molar-refractivity contribution in [2.75, 3.05) is 19.8 Å². The number of hydrogen-bond acceptors (Lipinski definition) is 5. The average molecular weight is 298 g/mol. The Morgan fingerprint density at radius 1 is 1.53 bits per heavy atom. The Kier molecular flexibility index (Phi) is 3.38. The second-order valence-electron chi connectivity index (χ2n) is 4.40. The van der Waals surface area contributed by atoms with Gasteiger partial charge in [0.25, 0.3) is 5.91 Å². The Hall–Kier alpha value is -1.24. The van der Waals surface area contributed by atoms with Crippen molar-refractivity contribution in [3.8, 4) is 0 Å². The van der Waals surface area contributed by atoms with E-state index < -0.39 is 0 Å². The van der Waals surface area contributed by atoms with E-state index in [1.807, 2.05) is 6.92 Å². The number of carbonyl (C=O) groups excluding carboxylic acids is 1. The molecule has 1 saturated heterocycles. The lowest BCUT2D eigenvalue weighted by Gasteiger charge is -2.32. The normalized spacial score (nSPS) is 19.9. The molecule has 1 aliphatic rings. The Labute approximate surface area is 119 Å². The number of halogens is 1. The van der Waals surface area contributed by atoms with Gasteiger partial charge in [0.2, 0.25) is 0 Å². The number of amides is 1. The molecule has 3 rings (SSSR count). The van der Waals surface area contributed by atoms with Gasteiger partial charge < -0.3 is 9.64 Å². The molecule has 1 fully saturated rings. The highest BCUT2D eigenvalue weighted by molar-refractivity contribution is 7.19. The lowest BCUT2D eigenvalue weighted by atomic mass is 10.2. The fourth-order valence-electron chi connectivity index (χ4n) is 2.04. The first-order valence-corrected chi connectivity index (χ1v) is 7.16. The number of hydrogen-bond donors (Lipinski definition) is 0. The van der Waals surface area contributed by atoms with Crippen LogP contribution in [0.1, 0.15) is 16.7 Å². The van der Waals surface area contributed by atoms with Gasteiger partial charge in [-0.25, -0.2) is 9.97 Å². The van der Waals surface area contributed by atoms with Crippen LogP contribution in [0.3, 0.4) is 0 Å². The lowest BCUT2D eigenvalue weighted by Crippen LogP contribution is -2.47. The third-order valence-electron chi connectivity index (χ3n) is 3.03. The van der Waals surface area contributed by atoms with Gasteiger partial charge in [-0.3, -0.25) is 4.79 Å². The van der Waals surface area contributed by atoms with Crippen LogP contribution in [-0.2, 0) is 4.74 Å². The minimum Gasteiger partial charge on any atom is -0.377 e. The summed E-state index contributed by atoms with van der Waals surface area (Å²) >= 11 is 7.11. The molecule has 3 heterocycles. The maximum atomic E-state index is 12.4. The maximum Gasteiger partial charge on any atom is 0.283 e. The van der Waals surface area contributed by atoms with Crippen LogP contribution in [-0.4, -0.2) is 46.6 Å². The smallest absolute Gasteiger partial charge is 0.283 e. The van der Waals surface area contributed by atoms with Crippen molar-refractivity contribution in [2.24, 2.45) is 0 Å². The highest BCUT2D eigenvalue weighted by Gasteiger charge is 2.27. The van der Waals surface area contributed by atoms with Crippen molar-refractivity contribution in [2.45, 2.75) is 13.0 Å². The number of thiazole rings is 1. The standard InChI is InChI=1S/C12H12ClN3O2S/c1-7-6-18-5-4-16(7)12(17)11-14-8-2-3-9(13)15-10(8)19-11/h2-3,7H,4-6H2,1H3/t7-/m1/s1. The van der Waals surface area contributed by atoms with Crippen molar-refractivity contribution in [3.05, 3.63) is 22.3 Å². The molecule has 19 heavy (non-hydrogen) atoms. The molecule has 1 aliphatic heterocycles. The van der Waals surface area contributed by atoms with Crippen LogP contribution in [0.5, 0.6) is 0 Å². The second-order valence-corrected chi connectivity index (χ2v) is 5.76.